The van der Waals surface area contributed by atoms with Gasteiger partial charge in [-0.2, -0.15) is 0 Å². The van der Waals surface area contributed by atoms with Crippen molar-refractivity contribution in [2.75, 3.05) is 4.90 Å². The van der Waals surface area contributed by atoms with Crippen molar-refractivity contribution in [2.45, 2.75) is 44.8 Å². The zero-order valence-electron chi connectivity index (χ0n) is 24.4. The van der Waals surface area contributed by atoms with Crippen LogP contribution in [0.4, 0.5) is 5.69 Å². The standard InChI is InChI=1S/C37H33NO6/c1-24(34(39)27-14-19-31(20-15-27)43-23-25-8-4-2-5-9-25)44-37(42)28-12-17-30(18-13-28)38-35(40)32-21-16-29(22-33(32)36(38)41)26-10-6-3-7-11-26/h2-15,17-20,24,29,32-33H,16,21-23H2,1H3/t24-,29+,32-,33+/m1/s1. The number of hydrogen-bond acceptors (Lipinski definition) is 6. The molecule has 7 nitrogen and oxygen atoms in total. The van der Waals surface area contributed by atoms with Gasteiger partial charge >= 0.3 is 5.97 Å². The molecule has 0 unspecified atom stereocenters. The van der Waals surface area contributed by atoms with Crippen LogP contribution in [0.3, 0.4) is 0 Å². The molecule has 0 bridgehead atoms. The van der Waals surface area contributed by atoms with Crippen molar-refractivity contribution in [1.82, 2.24) is 0 Å². The molecule has 7 heteroatoms. The lowest BCUT2D eigenvalue weighted by Gasteiger charge is -2.28. The predicted octanol–water partition coefficient (Wildman–Crippen LogP) is 6.77. The van der Waals surface area contributed by atoms with Gasteiger partial charge in [-0.1, -0.05) is 60.7 Å². The molecule has 2 aliphatic rings. The largest absolute Gasteiger partial charge is 0.489 e. The van der Waals surface area contributed by atoms with Gasteiger partial charge in [0.1, 0.15) is 12.4 Å². The summed E-state index contributed by atoms with van der Waals surface area (Å²) >= 11 is 0. The highest BCUT2D eigenvalue weighted by atomic mass is 16.5. The summed E-state index contributed by atoms with van der Waals surface area (Å²) in [5, 5.41) is 0. The number of carbonyl (C=O) groups is 4. The molecule has 0 N–H and O–H groups in total. The third-order valence-electron chi connectivity index (χ3n) is 8.60. The minimum absolute atomic E-state index is 0.183. The van der Waals surface area contributed by atoms with Crippen LogP contribution in [0, 0.1) is 11.8 Å². The van der Waals surface area contributed by atoms with E-state index in [2.05, 4.69) is 12.1 Å². The van der Waals surface area contributed by atoms with Gasteiger partial charge in [0.25, 0.3) is 0 Å². The van der Waals surface area contributed by atoms with E-state index in [0.717, 1.165) is 12.0 Å². The molecule has 1 saturated heterocycles. The molecule has 0 radical (unpaired) electrons. The second-order valence-corrected chi connectivity index (χ2v) is 11.4. The summed E-state index contributed by atoms with van der Waals surface area (Å²) in [6, 6.07) is 32.8. The van der Waals surface area contributed by atoms with Gasteiger partial charge in [0.05, 0.1) is 23.1 Å². The van der Waals surface area contributed by atoms with Crippen molar-refractivity contribution in [3.05, 3.63) is 131 Å². The van der Waals surface area contributed by atoms with E-state index in [4.69, 9.17) is 9.47 Å². The van der Waals surface area contributed by atoms with Gasteiger partial charge in [0, 0.05) is 5.56 Å². The lowest BCUT2D eigenvalue weighted by Crippen LogP contribution is -2.31. The summed E-state index contributed by atoms with van der Waals surface area (Å²) in [4.78, 5) is 53.7. The quantitative estimate of drug-likeness (QED) is 0.122. The highest BCUT2D eigenvalue weighted by molar-refractivity contribution is 6.22. The molecule has 1 aliphatic heterocycles. The van der Waals surface area contributed by atoms with Gasteiger partial charge in [-0.05, 0) is 91.8 Å². The van der Waals surface area contributed by atoms with Crippen molar-refractivity contribution in [2.24, 2.45) is 11.8 Å². The van der Waals surface area contributed by atoms with Crippen molar-refractivity contribution < 1.29 is 28.7 Å². The van der Waals surface area contributed by atoms with E-state index in [1.54, 1.807) is 36.4 Å². The summed E-state index contributed by atoms with van der Waals surface area (Å²) in [5.74, 6) is -1.16. The molecule has 1 heterocycles. The van der Waals surface area contributed by atoms with Crippen molar-refractivity contribution in [3.8, 4) is 5.75 Å². The first-order valence-electron chi connectivity index (χ1n) is 14.9. The van der Waals surface area contributed by atoms with E-state index in [1.165, 1.54) is 29.5 Å². The zero-order valence-corrected chi connectivity index (χ0v) is 24.4. The first-order chi connectivity index (χ1) is 21.4. The Hall–Kier alpha value is -5.04. The summed E-state index contributed by atoms with van der Waals surface area (Å²) < 4.78 is 11.2. The fourth-order valence-electron chi connectivity index (χ4n) is 6.18. The van der Waals surface area contributed by atoms with Crippen LogP contribution >= 0.6 is 0 Å². The SMILES string of the molecule is C[C@@H](OC(=O)c1ccc(N2C(=O)[C@H]3C[C@@H](c4ccccc4)CC[C@H]3C2=O)cc1)C(=O)c1ccc(OCc2ccccc2)cc1. The second kappa shape index (κ2) is 12.7. The second-order valence-electron chi connectivity index (χ2n) is 11.4. The lowest BCUT2D eigenvalue weighted by molar-refractivity contribution is -0.122. The van der Waals surface area contributed by atoms with E-state index in [0.29, 0.717) is 36.4 Å². The minimum Gasteiger partial charge on any atom is -0.489 e. The third kappa shape index (κ3) is 6.04. The fourth-order valence-corrected chi connectivity index (χ4v) is 6.18. The predicted molar refractivity (Wildman–Crippen MR) is 165 cm³/mol. The molecule has 44 heavy (non-hydrogen) atoms. The Bertz CT molecular complexity index is 1650. The van der Waals surface area contributed by atoms with Gasteiger partial charge < -0.3 is 9.47 Å². The highest BCUT2D eigenvalue weighted by Gasteiger charge is 2.50. The molecule has 4 aromatic rings. The van der Waals surface area contributed by atoms with Crippen LogP contribution in [0.25, 0.3) is 0 Å². The average molecular weight is 588 g/mol. The average Bonchev–Trinajstić information content (AvgIpc) is 3.32. The lowest BCUT2D eigenvalue weighted by atomic mass is 9.73. The van der Waals surface area contributed by atoms with Crippen LogP contribution in [0.5, 0.6) is 5.75 Å². The summed E-state index contributed by atoms with van der Waals surface area (Å²) in [7, 11) is 0. The van der Waals surface area contributed by atoms with Crippen LogP contribution < -0.4 is 9.64 Å². The van der Waals surface area contributed by atoms with E-state index in [1.807, 2.05) is 48.5 Å². The molecule has 2 fully saturated rings. The first-order valence-corrected chi connectivity index (χ1v) is 14.9. The number of ether oxygens (including phenoxy) is 2. The molecule has 0 spiro atoms. The third-order valence-corrected chi connectivity index (χ3v) is 8.60. The van der Waals surface area contributed by atoms with Crippen molar-refractivity contribution in [3.63, 3.8) is 0 Å². The maximum absolute atomic E-state index is 13.4. The van der Waals surface area contributed by atoms with E-state index in [9.17, 15) is 19.2 Å². The van der Waals surface area contributed by atoms with Crippen LogP contribution in [-0.2, 0) is 20.9 Å². The maximum Gasteiger partial charge on any atom is 0.338 e. The number of hydrogen-bond donors (Lipinski definition) is 0. The van der Waals surface area contributed by atoms with Crippen LogP contribution in [0.2, 0.25) is 0 Å². The first kappa shape index (κ1) is 29.1. The summed E-state index contributed by atoms with van der Waals surface area (Å²) in [5.41, 5.74) is 3.29. The number of anilines is 1. The number of carbonyl (C=O) groups excluding carboxylic acids is 4. The van der Waals surface area contributed by atoms with E-state index < -0.39 is 12.1 Å². The van der Waals surface area contributed by atoms with Crippen LogP contribution in [-0.4, -0.2) is 29.7 Å². The van der Waals surface area contributed by atoms with Gasteiger partial charge in [-0.3, -0.25) is 19.3 Å². The molecule has 1 aliphatic carbocycles. The number of imide groups is 1. The summed E-state index contributed by atoms with van der Waals surface area (Å²) in [6.45, 7) is 1.94. The van der Waals surface area contributed by atoms with Gasteiger partial charge in [0.15, 0.2) is 6.10 Å². The fraction of sp³-hybridized carbons (Fsp3) is 0.243. The van der Waals surface area contributed by atoms with E-state index >= 15 is 0 Å². The highest BCUT2D eigenvalue weighted by Crippen LogP contribution is 2.45. The number of Topliss-reactive ketones (excluding diaryl/α,β-unsaturated/α-hetero) is 1. The number of benzene rings is 4. The molecule has 4 aromatic carbocycles. The number of nitrogens with zero attached hydrogens (tertiary/aromatic N) is 1. The van der Waals surface area contributed by atoms with Crippen molar-refractivity contribution >= 4 is 29.3 Å². The molecule has 0 aromatic heterocycles. The van der Waals surface area contributed by atoms with E-state index in [-0.39, 0.29) is 40.9 Å². The molecule has 4 atom stereocenters. The molecule has 2 amide bonds. The Morgan fingerprint density at radius 2 is 1.36 bits per heavy atom. The number of fused-ring (bicyclic) bond motifs is 1. The number of amides is 2. The van der Waals surface area contributed by atoms with Crippen molar-refractivity contribution in [1.29, 1.82) is 0 Å². The van der Waals surface area contributed by atoms with Crippen LogP contribution in [0.1, 0.15) is 63.9 Å². The Balaban J connectivity index is 1.05. The summed E-state index contributed by atoms with van der Waals surface area (Å²) in [6.07, 6.45) is 1.17. The number of ketones is 1. The normalized spacial score (nSPS) is 20.1. The topological polar surface area (TPSA) is 90.0 Å². The Morgan fingerprint density at radius 1 is 0.750 bits per heavy atom. The van der Waals surface area contributed by atoms with Gasteiger partial charge in [-0.25, -0.2) is 4.79 Å². The number of esters is 1. The Labute approximate surface area is 256 Å². The van der Waals surface area contributed by atoms with Crippen LogP contribution in [0.15, 0.2) is 109 Å². The minimum atomic E-state index is -1.01. The molecular weight excluding hydrogens is 554 g/mol. The Morgan fingerprint density at radius 3 is 2.05 bits per heavy atom. The smallest absolute Gasteiger partial charge is 0.338 e. The van der Waals surface area contributed by atoms with Gasteiger partial charge in [-0.15, -0.1) is 0 Å². The molecular formula is C37H33NO6. The molecule has 222 valence electrons. The molecule has 6 rings (SSSR count). The Kier molecular flexibility index (Phi) is 8.37. The number of rotatable bonds is 9. The van der Waals surface area contributed by atoms with Gasteiger partial charge in [0.2, 0.25) is 17.6 Å². The molecule has 1 saturated carbocycles. The zero-order chi connectivity index (χ0) is 30.6. The monoisotopic (exact) mass is 587 g/mol. The maximum atomic E-state index is 13.4.